The van der Waals surface area contributed by atoms with E-state index in [0.29, 0.717) is 12.1 Å². The molecule has 1 aromatic rings. The third-order valence-corrected chi connectivity index (χ3v) is 3.76. The quantitative estimate of drug-likeness (QED) is 0.872. The maximum atomic E-state index is 5.34. The van der Waals surface area contributed by atoms with Gasteiger partial charge in [0.25, 0.3) is 0 Å². The van der Waals surface area contributed by atoms with Crippen LogP contribution in [-0.4, -0.2) is 35.2 Å². The zero-order chi connectivity index (χ0) is 13.0. The first kappa shape index (κ1) is 13.6. The standard InChI is InChI=1S/C14H25N3O/c1-4-6-12-9-17(13(5-2)8-15-12)10-14-7-11(3)16-18-14/h7,12-13,15H,4-6,8-10H2,1-3H3. The Kier molecular flexibility index (Phi) is 4.78. The third kappa shape index (κ3) is 3.33. The molecule has 18 heavy (non-hydrogen) atoms. The lowest BCUT2D eigenvalue weighted by atomic mass is 10.0. The van der Waals surface area contributed by atoms with Crippen LogP contribution in [0.3, 0.4) is 0 Å². The minimum atomic E-state index is 0.614. The maximum absolute atomic E-state index is 5.34. The minimum absolute atomic E-state index is 0.614. The van der Waals surface area contributed by atoms with Gasteiger partial charge in [-0.2, -0.15) is 0 Å². The zero-order valence-electron chi connectivity index (χ0n) is 11.8. The number of nitrogens with one attached hydrogen (secondary N) is 1. The predicted molar refractivity (Wildman–Crippen MR) is 72.4 cm³/mol. The number of aromatic nitrogens is 1. The number of aryl methyl sites for hydroxylation is 1. The lowest BCUT2D eigenvalue weighted by molar-refractivity contribution is 0.104. The third-order valence-electron chi connectivity index (χ3n) is 3.76. The van der Waals surface area contributed by atoms with Crippen molar-refractivity contribution < 1.29 is 4.52 Å². The summed E-state index contributed by atoms with van der Waals surface area (Å²) >= 11 is 0. The second-order valence-electron chi connectivity index (χ2n) is 5.32. The van der Waals surface area contributed by atoms with Crippen LogP contribution in [0.5, 0.6) is 0 Å². The topological polar surface area (TPSA) is 41.3 Å². The molecule has 0 saturated carbocycles. The van der Waals surface area contributed by atoms with Gasteiger partial charge < -0.3 is 9.84 Å². The normalized spacial score (nSPS) is 25.5. The second-order valence-corrected chi connectivity index (χ2v) is 5.32. The Hall–Kier alpha value is -0.870. The number of hydrogen-bond acceptors (Lipinski definition) is 4. The van der Waals surface area contributed by atoms with Crippen molar-refractivity contribution in [1.29, 1.82) is 0 Å². The molecule has 1 N–H and O–H groups in total. The molecule has 0 aromatic carbocycles. The highest BCUT2D eigenvalue weighted by atomic mass is 16.5. The summed E-state index contributed by atoms with van der Waals surface area (Å²) in [6, 6.07) is 3.29. The molecule has 4 nitrogen and oxygen atoms in total. The molecule has 1 aliphatic heterocycles. The van der Waals surface area contributed by atoms with Crippen molar-refractivity contribution in [3.8, 4) is 0 Å². The first-order valence-corrected chi connectivity index (χ1v) is 7.12. The van der Waals surface area contributed by atoms with Gasteiger partial charge in [-0.25, -0.2) is 0 Å². The molecule has 0 amide bonds. The van der Waals surface area contributed by atoms with Crippen LogP contribution in [0, 0.1) is 6.92 Å². The largest absolute Gasteiger partial charge is 0.360 e. The molecule has 0 bridgehead atoms. The SMILES string of the molecule is CCCC1CN(Cc2cc(C)no2)C(CC)CN1. The van der Waals surface area contributed by atoms with Gasteiger partial charge in [-0.3, -0.25) is 4.90 Å². The summed E-state index contributed by atoms with van der Waals surface area (Å²) < 4.78 is 5.34. The molecule has 4 heteroatoms. The van der Waals surface area contributed by atoms with E-state index in [4.69, 9.17) is 4.52 Å². The van der Waals surface area contributed by atoms with Crippen molar-refractivity contribution in [3.63, 3.8) is 0 Å². The molecule has 1 aliphatic rings. The fourth-order valence-electron chi connectivity index (χ4n) is 2.76. The van der Waals surface area contributed by atoms with Crippen molar-refractivity contribution in [2.45, 2.75) is 58.7 Å². The molecule has 2 heterocycles. The molecular weight excluding hydrogens is 226 g/mol. The highest BCUT2D eigenvalue weighted by Crippen LogP contribution is 2.17. The molecule has 2 rings (SSSR count). The molecule has 1 fully saturated rings. The molecular formula is C14H25N3O. The van der Waals surface area contributed by atoms with Crippen LogP contribution >= 0.6 is 0 Å². The second kappa shape index (κ2) is 6.34. The van der Waals surface area contributed by atoms with E-state index in [2.05, 4.69) is 29.2 Å². The molecule has 2 unspecified atom stereocenters. The van der Waals surface area contributed by atoms with Gasteiger partial charge in [0.15, 0.2) is 5.76 Å². The number of hydrogen-bond donors (Lipinski definition) is 1. The molecule has 0 radical (unpaired) electrons. The van der Waals surface area contributed by atoms with Crippen LogP contribution in [0.15, 0.2) is 10.6 Å². The van der Waals surface area contributed by atoms with E-state index >= 15 is 0 Å². The summed E-state index contributed by atoms with van der Waals surface area (Å²) in [6.45, 7) is 9.58. The monoisotopic (exact) mass is 251 g/mol. The van der Waals surface area contributed by atoms with Crippen molar-refractivity contribution in [1.82, 2.24) is 15.4 Å². The molecule has 2 atom stereocenters. The molecule has 1 saturated heterocycles. The van der Waals surface area contributed by atoms with Gasteiger partial charge in [-0.05, 0) is 19.8 Å². The summed E-state index contributed by atoms with van der Waals surface area (Å²) in [6.07, 6.45) is 3.67. The molecule has 0 aliphatic carbocycles. The van der Waals surface area contributed by atoms with Crippen LogP contribution in [0.2, 0.25) is 0 Å². The average Bonchev–Trinajstić information content (AvgIpc) is 2.76. The van der Waals surface area contributed by atoms with Gasteiger partial charge in [0.2, 0.25) is 0 Å². The highest BCUT2D eigenvalue weighted by Gasteiger charge is 2.26. The van der Waals surface area contributed by atoms with E-state index in [-0.39, 0.29) is 0 Å². The van der Waals surface area contributed by atoms with Gasteiger partial charge in [0.05, 0.1) is 12.2 Å². The Bertz CT molecular complexity index is 364. The fraction of sp³-hybridized carbons (Fsp3) is 0.786. The first-order valence-electron chi connectivity index (χ1n) is 7.12. The average molecular weight is 251 g/mol. The Morgan fingerprint density at radius 2 is 2.33 bits per heavy atom. The Labute approximate surface area is 110 Å². The van der Waals surface area contributed by atoms with E-state index in [1.807, 2.05) is 13.0 Å². The summed E-state index contributed by atoms with van der Waals surface area (Å²) in [7, 11) is 0. The Morgan fingerprint density at radius 3 is 2.94 bits per heavy atom. The Morgan fingerprint density at radius 1 is 1.50 bits per heavy atom. The van der Waals surface area contributed by atoms with Gasteiger partial charge >= 0.3 is 0 Å². The van der Waals surface area contributed by atoms with Crippen LogP contribution in [-0.2, 0) is 6.54 Å². The molecule has 102 valence electrons. The summed E-state index contributed by atoms with van der Waals surface area (Å²) in [5.74, 6) is 0.989. The van der Waals surface area contributed by atoms with Crippen molar-refractivity contribution in [2.75, 3.05) is 13.1 Å². The van der Waals surface area contributed by atoms with E-state index in [9.17, 15) is 0 Å². The lowest BCUT2D eigenvalue weighted by Crippen LogP contribution is -2.55. The summed E-state index contributed by atoms with van der Waals surface area (Å²) in [4.78, 5) is 2.54. The lowest BCUT2D eigenvalue weighted by Gasteiger charge is -2.39. The van der Waals surface area contributed by atoms with Crippen LogP contribution in [0.25, 0.3) is 0 Å². The van der Waals surface area contributed by atoms with Gasteiger partial charge in [-0.15, -0.1) is 0 Å². The number of nitrogens with zero attached hydrogens (tertiary/aromatic N) is 2. The van der Waals surface area contributed by atoms with Crippen molar-refractivity contribution in [2.24, 2.45) is 0 Å². The summed E-state index contributed by atoms with van der Waals surface area (Å²) in [5.41, 5.74) is 0.971. The van der Waals surface area contributed by atoms with Crippen molar-refractivity contribution in [3.05, 3.63) is 17.5 Å². The molecule has 0 spiro atoms. The van der Waals surface area contributed by atoms with Gasteiger partial charge in [-0.1, -0.05) is 25.4 Å². The summed E-state index contributed by atoms with van der Waals surface area (Å²) in [5, 5.41) is 7.63. The van der Waals surface area contributed by atoms with Crippen molar-refractivity contribution >= 4 is 0 Å². The van der Waals surface area contributed by atoms with Gasteiger partial charge in [0.1, 0.15) is 0 Å². The van der Waals surface area contributed by atoms with Crippen LogP contribution in [0.1, 0.15) is 44.6 Å². The van der Waals surface area contributed by atoms with E-state index in [0.717, 1.165) is 31.1 Å². The first-order chi connectivity index (χ1) is 8.72. The zero-order valence-corrected chi connectivity index (χ0v) is 11.8. The highest BCUT2D eigenvalue weighted by molar-refractivity contribution is 5.03. The predicted octanol–water partition coefficient (Wildman–Crippen LogP) is 2.34. The number of rotatable bonds is 5. The fourth-order valence-corrected chi connectivity index (χ4v) is 2.76. The van der Waals surface area contributed by atoms with E-state index < -0.39 is 0 Å². The van der Waals surface area contributed by atoms with Crippen LogP contribution in [0.4, 0.5) is 0 Å². The van der Waals surface area contributed by atoms with E-state index in [1.165, 1.54) is 19.3 Å². The van der Waals surface area contributed by atoms with E-state index in [1.54, 1.807) is 0 Å². The Balaban J connectivity index is 1.97. The maximum Gasteiger partial charge on any atom is 0.150 e. The molecule has 1 aromatic heterocycles. The van der Waals surface area contributed by atoms with Gasteiger partial charge in [0, 0.05) is 31.2 Å². The minimum Gasteiger partial charge on any atom is -0.360 e. The number of piperazine rings is 1. The smallest absolute Gasteiger partial charge is 0.150 e. The van der Waals surface area contributed by atoms with Crippen LogP contribution < -0.4 is 5.32 Å².